The van der Waals surface area contributed by atoms with Crippen molar-refractivity contribution in [2.45, 2.75) is 32.9 Å². The summed E-state index contributed by atoms with van der Waals surface area (Å²) in [4.78, 5) is 36.1. The zero-order valence-corrected chi connectivity index (χ0v) is 17.9. The molecule has 4 aromatic rings. The van der Waals surface area contributed by atoms with Gasteiger partial charge in [0.1, 0.15) is 17.2 Å². The zero-order chi connectivity index (χ0) is 22.7. The second kappa shape index (κ2) is 8.54. The minimum Gasteiger partial charge on any atom is -0.454 e. The van der Waals surface area contributed by atoms with Gasteiger partial charge in [-0.1, -0.05) is 0 Å². The first-order valence-electron chi connectivity index (χ1n) is 10.0. The van der Waals surface area contributed by atoms with Crippen LogP contribution < -0.4 is 10.6 Å². The number of nitrogens with zero attached hydrogens (tertiary/aromatic N) is 2. The second-order valence-corrected chi connectivity index (χ2v) is 8.13. The van der Waals surface area contributed by atoms with Gasteiger partial charge in [-0.05, 0) is 63.2 Å². The smallest absolute Gasteiger partial charge is 0.408 e. The second-order valence-electron chi connectivity index (χ2n) is 8.13. The minimum atomic E-state index is -0.590. The topological polar surface area (TPSA) is 122 Å². The fourth-order valence-corrected chi connectivity index (χ4v) is 2.99. The number of H-pyrrole nitrogens is 1. The largest absolute Gasteiger partial charge is 0.454 e. The van der Waals surface area contributed by atoms with Gasteiger partial charge in [-0.3, -0.25) is 9.78 Å². The predicted octanol–water partition coefficient (Wildman–Crippen LogP) is 4.49. The van der Waals surface area contributed by atoms with Gasteiger partial charge in [0.15, 0.2) is 5.76 Å². The van der Waals surface area contributed by atoms with E-state index < -0.39 is 17.6 Å². The van der Waals surface area contributed by atoms with Crippen molar-refractivity contribution in [3.8, 4) is 11.4 Å². The lowest BCUT2D eigenvalue weighted by Gasteiger charge is -2.19. The lowest BCUT2D eigenvalue weighted by Crippen LogP contribution is -2.32. The lowest BCUT2D eigenvalue weighted by atomic mass is 10.2. The number of nitrogens with one attached hydrogen (secondary N) is 3. The molecular formula is C23H23N5O4. The molecule has 0 unspecified atom stereocenters. The van der Waals surface area contributed by atoms with E-state index >= 15 is 0 Å². The summed E-state index contributed by atoms with van der Waals surface area (Å²) in [6.45, 7) is 5.45. The van der Waals surface area contributed by atoms with Crippen LogP contribution in [0.25, 0.3) is 22.4 Å². The number of ether oxygens (including phenoxy) is 1. The predicted molar refractivity (Wildman–Crippen MR) is 119 cm³/mol. The van der Waals surface area contributed by atoms with Gasteiger partial charge in [-0.25, -0.2) is 9.78 Å². The van der Waals surface area contributed by atoms with Gasteiger partial charge in [0.25, 0.3) is 5.91 Å². The Labute approximate surface area is 184 Å². The molecule has 4 rings (SSSR count). The molecule has 3 N–H and O–H groups in total. The number of furan rings is 1. The molecule has 1 aromatic carbocycles. The molecule has 0 aliphatic heterocycles. The number of benzene rings is 1. The Morgan fingerprint density at radius 3 is 2.62 bits per heavy atom. The van der Waals surface area contributed by atoms with E-state index in [0.717, 1.165) is 22.4 Å². The first-order chi connectivity index (χ1) is 15.3. The molecule has 9 heteroatoms. The number of pyridine rings is 1. The molecule has 2 amide bonds. The van der Waals surface area contributed by atoms with Crippen molar-refractivity contribution in [3.05, 3.63) is 66.4 Å². The van der Waals surface area contributed by atoms with E-state index in [9.17, 15) is 9.59 Å². The van der Waals surface area contributed by atoms with Crippen molar-refractivity contribution in [2.24, 2.45) is 0 Å². The molecule has 0 aliphatic rings. The quantitative estimate of drug-likeness (QED) is 0.426. The molecule has 0 spiro atoms. The molecule has 0 saturated heterocycles. The monoisotopic (exact) mass is 433 g/mol. The fraction of sp³-hybridized carbons (Fsp3) is 0.217. The van der Waals surface area contributed by atoms with Gasteiger partial charge in [0, 0.05) is 23.6 Å². The number of imidazole rings is 1. The number of aromatic amines is 1. The highest BCUT2D eigenvalue weighted by molar-refractivity contribution is 6.03. The van der Waals surface area contributed by atoms with Crippen LogP contribution in [0.5, 0.6) is 0 Å². The summed E-state index contributed by atoms with van der Waals surface area (Å²) in [6.07, 6.45) is 2.85. The molecule has 9 nitrogen and oxygen atoms in total. The average molecular weight is 433 g/mol. The molecule has 0 atom stereocenters. The summed E-state index contributed by atoms with van der Waals surface area (Å²) in [7, 11) is 0. The van der Waals surface area contributed by atoms with Crippen molar-refractivity contribution < 1.29 is 18.7 Å². The lowest BCUT2D eigenvalue weighted by molar-refractivity contribution is 0.0520. The SMILES string of the molecule is CC(C)(C)OC(=O)NCc1ccc(C(=O)Nc2ccc3nc(-c4ccncc4)[nH]c3c2)o1. The third-order valence-corrected chi connectivity index (χ3v) is 4.38. The Morgan fingerprint density at radius 2 is 1.88 bits per heavy atom. The highest BCUT2D eigenvalue weighted by Crippen LogP contribution is 2.23. The van der Waals surface area contributed by atoms with E-state index in [4.69, 9.17) is 9.15 Å². The van der Waals surface area contributed by atoms with Crippen LogP contribution in [0.15, 0.2) is 59.3 Å². The van der Waals surface area contributed by atoms with Gasteiger partial charge in [-0.2, -0.15) is 0 Å². The summed E-state index contributed by atoms with van der Waals surface area (Å²) in [5, 5.41) is 5.40. The first-order valence-corrected chi connectivity index (χ1v) is 10.0. The normalized spacial score (nSPS) is 11.3. The van der Waals surface area contributed by atoms with E-state index in [0.29, 0.717) is 11.4 Å². The minimum absolute atomic E-state index is 0.111. The molecule has 32 heavy (non-hydrogen) atoms. The molecule has 164 valence electrons. The van der Waals surface area contributed by atoms with Gasteiger partial charge < -0.3 is 24.8 Å². The summed E-state index contributed by atoms with van der Waals surface area (Å²) in [5.41, 5.74) is 2.49. The highest BCUT2D eigenvalue weighted by Gasteiger charge is 2.17. The number of hydrogen-bond acceptors (Lipinski definition) is 6. The maximum Gasteiger partial charge on any atom is 0.408 e. The molecule has 0 radical (unpaired) electrons. The highest BCUT2D eigenvalue weighted by atomic mass is 16.6. The van der Waals surface area contributed by atoms with Crippen molar-refractivity contribution in [1.82, 2.24) is 20.3 Å². The molecule has 3 aromatic heterocycles. The molecular weight excluding hydrogens is 410 g/mol. The van der Waals surface area contributed by atoms with Crippen LogP contribution in [0, 0.1) is 0 Å². The van der Waals surface area contributed by atoms with Gasteiger partial charge in [0.2, 0.25) is 0 Å². The van der Waals surface area contributed by atoms with Gasteiger partial charge in [0.05, 0.1) is 17.6 Å². The van der Waals surface area contributed by atoms with Crippen LogP contribution in [0.2, 0.25) is 0 Å². The Morgan fingerprint density at radius 1 is 1.09 bits per heavy atom. The van der Waals surface area contributed by atoms with Crippen LogP contribution >= 0.6 is 0 Å². The first kappa shape index (κ1) is 21.1. The van der Waals surface area contributed by atoms with E-state index in [1.54, 1.807) is 57.4 Å². The van der Waals surface area contributed by atoms with Crippen molar-refractivity contribution in [2.75, 3.05) is 5.32 Å². The summed E-state index contributed by atoms with van der Waals surface area (Å²) in [5.74, 6) is 0.890. The Bertz CT molecular complexity index is 1250. The van der Waals surface area contributed by atoms with Crippen molar-refractivity contribution in [1.29, 1.82) is 0 Å². The number of aromatic nitrogens is 3. The maximum absolute atomic E-state index is 12.6. The molecule has 0 bridgehead atoms. The molecule has 0 saturated carbocycles. The number of hydrogen-bond donors (Lipinski definition) is 3. The number of carbonyl (C=O) groups excluding carboxylic acids is 2. The average Bonchev–Trinajstić information content (AvgIpc) is 3.38. The van der Waals surface area contributed by atoms with E-state index in [2.05, 4.69) is 25.6 Å². The standard InChI is InChI=1S/C23H23N5O4/c1-23(2,3)32-22(30)25-13-16-5-7-19(31-16)21(29)26-15-4-6-17-18(12-15)28-20(27-17)14-8-10-24-11-9-14/h4-12H,13H2,1-3H3,(H,25,30)(H,26,29)(H,27,28). The van der Waals surface area contributed by atoms with E-state index in [1.165, 1.54) is 0 Å². The Balaban J connectivity index is 1.40. The van der Waals surface area contributed by atoms with Crippen molar-refractivity contribution >= 4 is 28.7 Å². The molecule has 0 aliphatic carbocycles. The van der Waals surface area contributed by atoms with Crippen LogP contribution in [0.4, 0.5) is 10.5 Å². The number of fused-ring (bicyclic) bond motifs is 1. The fourth-order valence-electron chi connectivity index (χ4n) is 2.99. The Hall–Kier alpha value is -4.14. The number of alkyl carbamates (subject to hydrolysis) is 1. The van der Waals surface area contributed by atoms with Crippen LogP contribution in [0.1, 0.15) is 37.1 Å². The van der Waals surface area contributed by atoms with Gasteiger partial charge >= 0.3 is 6.09 Å². The van der Waals surface area contributed by atoms with E-state index in [1.807, 2.05) is 18.2 Å². The molecule has 0 fully saturated rings. The molecule has 3 heterocycles. The zero-order valence-electron chi connectivity index (χ0n) is 17.9. The number of amides is 2. The summed E-state index contributed by atoms with van der Waals surface area (Å²) in [6, 6.07) is 12.3. The third kappa shape index (κ3) is 5.12. The number of anilines is 1. The van der Waals surface area contributed by atoms with Crippen LogP contribution in [0.3, 0.4) is 0 Å². The number of rotatable bonds is 5. The van der Waals surface area contributed by atoms with Gasteiger partial charge in [-0.15, -0.1) is 0 Å². The Kier molecular flexibility index (Phi) is 5.63. The maximum atomic E-state index is 12.6. The third-order valence-electron chi connectivity index (χ3n) is 4.38. The van der Waals surface area contributed by atoms with Crippen molar-refractivity contribution in [3.63, 3.8) is 0 Å². The van der Waals surface area contributed by atoms with Crippen LogP contribution in [-0.4, -0.2) is 32.6 Å². The summed E-state index contributed by atoms with van der Waals surface area (Å²) < 4.78 is 10.7. The number of carbonyl (C=O) groups is 2. The summed E-state index contributed by atoms with van der Waals surface area (Å²) >= 11 is 0. The van der Waals surface area contributed by atoms with Crippen LogP contribution in [-0.2, 0) is 11.3 Å². The van der Waals surface area contributed by atoms with E-state index in [-0.39, 0.29) is 12.3 Å².